The van der Waals surface area contributed by atoms with Gasteiger partial charge in [0, 0.05) is 54.4 Å². The summed E-state index contributed by atoms with van der Waals surface area (Å²) in [6, 6.07) is 12.0. The van der Waals surface area contributed by atoms with Crippen LogP contribution in [0, 0.1) is 19.7 Å². The number of carbonyl (C=O) groups is 2. The van der Waals surface area contributed by atoms with Crippen LogP contribution in [-0.2, 0) is 16.0 Å². The topological polar surface area (TPSA) is 77.2 Å². The number of amides is 2. The van der Waals surface area contributed by atoms with E-state index in [1.807, 2.05) is 43.0 Å². The predicted octanol–water partition coefficient (Wildman–Crippen LogP) is 3.90. The highest BCUT2D eigenvalue weighted by atomic mass is 19.1. The number of carbonyl (C=O) groups excluding carboxylic acids is 2. The highest BCUT2D eigenvalue weighted by Gasteiger charge is 2.29. The molecule has 3 N–H and O–H groups in total. The lowest BCUT2D eigenvalue weighted by Crippen LogP contribution is -2.47. The first-order valence-corrected chi connectivity index (χ1v) is 11.5. The van der Waals surface area contributed by atoms with Crippen molar-refractivity contribution in [3.05, 3.63) is 76.4 Å². The second-order valence-electron chi connectivity index (χ2n) is 8.79. The van der Waals surface area contributed by atoms with E-state index in [2.05, 4.69) is 15.6 Å². The van der Waals surface area contributed by atoms with Crippen molar-refractivity contribution < 1.29 is 14.0 Å². The van der Waals surface area contributed by atoms with E-state index in [1.165, 1.54) is 6.07 Å². The monoisotopic (exact) mass is 458 g/mol. The van der Waals surface area contributed by atoms with Crippen molar-refractivity contribution in [2.24, 2.45) is 0 Å². The van der Waals surface area contributed by atoms with E-state index in [4.69, 9.17) is 0 Å². The molecule has 2 amide bonds. The number of aromatic amines is 1. The molecule has 7 heteroatoms. The molecule has 1 fully saturated rings. The molecule has 0 bridgehead atoms. The van der Waals surface area contributed by atoms with Crippen LogP contribution in [-0.4, -0.2) is 47.9 Å². The normalized spacial score (nSPS) is 16.6. The van der Waals surface area contributed by atoms with Crippen LogP contribution < -0.4 is 10.6 Å². The fourth-order valence-corrected chi connectivity index (χ4v) is 4.84. The van der Waals surface area contributed by atoms with Crippen molar-refractivity contribution >= 4 is 29.2 Å². The van der Waals surface area contributed by atoms with Gasteiger partial charge in [0.1, 0.15) is 5.82 Å². The highest BCUT2D eigenvalue weighted by Crippen LogP contribution is 2.41. The number of H-pyrrole nitrogens is 1. The van der Waals surface area contributed by atoms with Gasteiger partial charge in [0.15, 0.2) is 0 Å². The van der Waals surface area contributed by atoms with E-state index in [0.29, 0.717) is 47.5 Å². The fourth-order valence-electron chi connectivity index (χ4n) is 4.84. The van der Waals surface area contributed by atoms with Gasteiger partial charge in [-0.1, -0.05) is 30.3 Å². The second kappa shape index (κ2) is 8.91. The maximum absolute atomic E-state index is 14.6. The molecule has 3 heterocycles. The molecule has 0 atom stereocenters. The van der Waals surface area contributed by atoms with Gasteiger partial charge in [0.2, 0.25) is 5.91 Å². The Bertz CT molecular complexity index is 1320. The fraction of sp³-hybridized carbons (Fsp3) is 0.259. The molecular weight excluding hydrogens is 431 g/mol. The molecule has 1 saturated heterocycles. The van der Waals surface area contributed by atoms with E-state index in [-0.39, 0.29) is 17.6 Å². The number of hydrogen-bond acceptors (Lipinski definition) is 3. The van der Waals surface area contributed by atoms with Crippen LogP contribution in [0.2, 0.25) is 0 Å². The van der Waals surface area contributed by atoms with Gasteiger partial charge in [0.25, 0.3) is 5.91 Å². The summed E-state index contributed by atoms with van der Waals surface area (Å²) in [6.45, 7) is 6.97. The van der Waals surface area contributed by atoms with E-state index in [0.717, 1.165) is 35.6 Å². The quantitative estimate of drug-likeness (QED) is 0.519. The predicted molar refractivity (Wildman–Crippen MR) is 132 cm³/mol. The lowest BCUT2D eigenvalue weighted by Gasteiger charge is -2.27. The SMILES string of the molecule is Cc1[nH]c(C=C2C(=O)Nc3cccc(-c4ccccc4F)c32)c(C)c1CC(=O)N1CCNCC1. The van der Waals surface area contributed by atoms with E-state index < -0.39 is 0 Å². The second-order valence-corrected chi connectivity index (χ2v) is 8.79. The lowest BCUT2D eigenvalue weighted by atomic mass is 9.93. The zero-order chi connectivity index (χ0) is 23.8. The van der Waals surface area contributed by atoms with Crippen LogP contribution in [0.25, 0.3) is 22.8 Å². The van der Waals surface area contributed by atoms with Gasteiger partial charge in [-0.3, -0.25) is 9.59 Å². The van der Waals surface area contributed by atoms with Crippen LogP contribution in [0.5, 0.6) is 0 Å². The minimum absolute atomic E-state index is 0.108. The molecule has 0 saturated carbocycles. The summed E-state index contributed by atoms with van der Waals surface area (Å²) in [4.78, 5) is 31.0. The molecule has 2 aliphatic heterocycles. The lowest BCUT2D eigenvalue weighted by molar-refractivity contribution is -0.131. The summed E-state index contributed by atoms with van der Waals surface area (Å²) in [5.41, 5.74) is 6.51. The van der Waals surface area contributed by atoms with Crippen LogP contribution in [0.15, 0.2) is 42.5 Å². The summed E-state index contributed by atoms with van der Waals surface area (Å²) >= 11 is 0. The maximum atomic E-state index is 14.6. The molecular formula is C27H27FN4O2. The average Bonchev–Trinajstić information content (AvgIpc) is 3.30. The van der Waals surface area contributed by atoms with Gasteiger partial charge in [-0.25, -0.2) is 4.39 Å². The van der Waals surface area contributed by atoms with Gasteiger partial charge in [-0.2, -0.15) is 0 Å². The molecule has 0 aliphatic carbocycles. The Balaban J connectivity index is 1.52. The third-order valence-corrected chi connectivity index (χ3v) is 6.71. The Labute approximate surface area is 197 Å². The first kappa shape index (κ1) is 22.1. The summed E-state index contributed by atoms with van der Waals surface area (Å²) in [5, 5.41) is 6.17. The maximum Gasteiger partial charge on any atom is 0.256 e. The Morgan fingerprint density at radius 3 is 2.56 bits per heavy atom. The van der Waals surface area contributed by atoms with Crippen molar-refractivity contribution in [2.45, 2.75) is 20.3 Å². The Morgan fingerprint density at radius 2 is 1.79 bits per heavy atom. The number of aromatic nitrogens is 1. The van der Waals surface area contributed by atoms with Crippen LogP contribution in [0.1, 0.15) is 28.1 Å². The zero-order valence-electron chi connectivity index (χ0n) is 19.3. The Kier molecular flexibility index (Phi) is 5.79. The van der Waals surface area contributed by atoms with Crippen molar-refractivity contribution in [2.75, 3.05) is 31.5 Å². The minimum atomic E-state index is -0.338. The molecule has 5 rings (SSSR count). The molecule has 3 aromatic rings. The molecule has 34 heavy (non-hydrogen) atoms. The number of aryl methyl sites for hydroxylation is 1. The van der Waals surface area contributed by atoms with E-state index >= 15 is 0 Å². The molecule has 6 nitrogen and oxygen atoms in total. The number of anilines is 1. The number of fused-ring (bicyclic) bond motifs is 1. The number of piperazine rings is 1. The number of rotatable bonds is 4. The zero-order valence-corrected chi connectivity index (χ0v) is 19.3. The first-order chi connectivity index (χ1) is 16.4. The molecule has 0 spiro atoms. The Hall–Kier alpha value is -3.71. The van der Waals surface area contributed by atoms with Crippen molar-refractivity contribution in [3.63, 3.8) is 0 Å². The van der Waals surface area contributed by atoms with E-state index in [9.17, 15) is 14.0 Å². The number of benzene rings is 2. The number of hydrogen-bond donors (Lipinski definition) is 3. The van der Waals surface area contributed by atoms with Crippen molar-refractivity contribution in [1.82, 2.24) is 15.2 Å². The number of nitrogens with zero attached hydrogens (tertiary/aromatic N) is 1. The van der Waals surface area contributed by atoms with Crippen LogP contribution >= 0.6 is 0 Å². The number of nitrogens with one attached hydrogen (secondary N) is 3. The first-order valence-electron chi connectivity index (χ1n) is 11.5. The molecule has 2 aliphatic rings. The number of halogens is 1. The molecule has 1 aromatic heterocycles. The summed E-state index contributed by atoms with van der Waals surface area (Å²) in [5.74, 6) is -0.462. The molecule has 2 aromatic carbocycles. The van der Waals surface area contributed by atoms with E-state index in [1.54, 1.807) is 18.2 Å². The summed E-state index contributed by atoms with van der Waals surface area (Å²) in [7, 11) is 0. The van der Waals surface area contributed by atoms with Crippen LogP contribution in [0.3, 0.4) is 0 Å². The van der Waals surface area contributed by atoms with Gasteiger partial charge in [-0.05, 0) is 48.7 Å². The van der Waals surface area contributed by atoms with Crippen molar-refractivity contribution in [3.8, 4) is 11.1 Å². The molecule has 174 valence electrons. The van der Waals surface area contributed by atoms with Gasteiger partial charge in [-0.15, -0.1) is 0 Å². The average molecular weight is 459 g/mol. The largest absolute Gasteiger partial charge is 0.359 e. The third kappa shape index (κ3) is 3.92. The van der Waals surface area contributed by atoms with Gasteiger partial charge < -0.3 is 20.5 Å². The highest BCUT2D eigenvalue weighted by molar-refractivity contribution is 6.36. The Morgan fingerprint density at radius 1 is 1.06 bits per heavy atom. The van der Waals surface area contributed by atoms with Gasteiger partial charge in [0.05, 0.1) is 12.0 Å². The standard InChI is InChI=1S/C27H27FN4O2/c1-16-20(15-25(33)32-12-10-29-11-13-32)17(2)30-24(16)14-21-26-19(18-6-3-4-8-22(18)28)7-5-9-23(26)31-27(21)34/h3-9,14,29-30H,10-13,15H2,1-2H3,(H,31,34). The minimum Gasteiger partial charge on any atom is -0.359 e. The van der Waals surface area contributed by atoms with Crippen molar-refractivity contribution in [1.29, 1.82) is 0 Å². The third-order valence-electron chi connectivity index (χ3n) is 6.71. The molecule has 0 unspecified atom stereocenters. The van der Waals surface area contributed by atoms with Crippen LogP contribution in [0.4, 0.5) is 10.1 Å². The summed E-state index contributed by atoms with van der Waals surface area (Å²) < 4.78 is 14.6. The summed E-state index contributed by atoms with van der Waals surface area (Å²) in [6.07, 6.45) is 2.13. The molecule has 0 radical (unpaired) electrons. The van der Waals surface area contributed by atoms with Gasteiger partial charge >= 0.3 is 0 Å². The smallest absolute Gasteiger partial charge is 0.256 e.